The van der Waals surface area contributed by atoms with Crippen LogP contribution in [0.4, 0.5) is 17.5 Å². The highest BCUT2D eigenvalue weighted by Gasteiger charge is 2.18. The third kappa shape index (κ3) is 2.75. The molecule has 25 heavy (non-hydrogen) atoms. The summed E-state index contributed by atoms with van der Waals surface area (Å²) in [5.41, 5.74) is 7.95. The number of nitrogens with zero attached hydrogens (tertiary/aromatic N) is 7. The van der Waals surface area contributed by atoms with Gasteiger partial charge in [0, 0.05) is 31.1 Å². The number of nitrogens with two attached hydrogens (primary N) is 1. The van der Waals surface area contributed by atoms with Gasteiger partial charge in [0.05, 0.1) is 5.69 Å². The Labute approximate surface area is 143 Å². The second kappa shape index (κ2) is 5.86. The second-order valence-corrected chi connectivity index (χ2v) is 5.51. The Balaban J connectivity index is 1.88. The molecule has 4 rings (SSSR count). The SMILES string of the molecule is CCn1ccc(Nc2nc3cccnn3c2-c2cc(N)nc(C)n2)n1. The number of hydrogen-bond donors (Lipinski definition) is 2. The molecule has 0 saturated heterocycles. The molecule has 3 N–H and O–H groups in total. The van der Waals surface area contributed by atoms with E-state index in [2.05, 4.69) is 30.5 Å². The highest BCUT2D eigenvalue weighted by atomic mass is 15.3. The van der Waals surface area contributed by atoms with Crippen LogP contribution in [0.25, 0.3) is 17.0 Å². The van der Waals surface area contributed by atoms with E-state index in [1.54, 1.807) is 23.7 Å². The van der Waals surface area contributed by atoms with Gasteiger partial charge in [0.25, 0.3) is 0 Å². The van der Waals surface area contributed by atoms with Gasteiger partial charge in [0.1, 0.15) is 17.3 Å². The number of nitrogen functional groups attached to an aromatic ring is 1. The lowest BCUT2D eigenvalue weighted by Gasteiger charge is -2.06. The Bertz CT molecular complexity index is 1030. The number of aryl methyl sites for hydroxylation is 2. The summed E-state index contributed by atoms with van der Waals surface area (Å²) in [5, 5.41) is 12.1. The summed E-state index contributed by atoms with van der Waals surface area (Å²) in [7, 11) is 0. The van der Waals surface area contributed by atoms with Crippen molar-refractivity contribution in [2.75, 3.05) is 11.1 Å². The monoisotopic (exact) mass is 335 g/mol. The van der Waals surface area contributed by atoms with Gasteiger partial charge in [-0.1, -0.05) is 0 Å². The molecule has 126 valence electrons. The number of anilines is 3. The largest absolute Gasteiger partial charge is 0.384 e. The third-order valence-electron chi connectivity index (χ3n) is 3.70. The van der Waals surface area contributed by atoms with Crippen LogP contribution >= 0.6 is 0 Å². The van der Waals surface area contributed by atoms with E-state index in [1.165, 1.54) is 0 Å². The molecule has 4 heterocycles. The molecule has 0 saturated carbocycles. The van der Waals surface area contributed by atoms with Crippen molar-refractivity contribution in [3.05, 3.63) is 42.5 Å². The Kier molecular flexibility index (Phi) is 3.53. The average Bonchev–Trinajstić information content (AvgIpc) is 3.17. The quantitative estimate of drug-likeness (QED) is 0.587. The van der Waals surface area contributed by atoms with Crippen LogP contribution in [0.15, 0.2) is 36.7 Å². The summed E-state index contributed by atoms with van der Waals surface area (Å²) in [4.78, 5) is 13.2. The van der Waals surface area contributed by atoms with Gasteiger partial charge in [-0.05, 0) is 26.0 Å². The maximum atomic E-state index is 5.90. The minimum absolute atomic E-state index is 0.398. The third-order valence-corrected chi connectivity index (χ3v) is 3.70. The topological polar surface area (TPSA) is 112 Å². The van der Waals surface area contributed by atoms with E-state index in [1.807, 2.05) is 36.0 Å². The standard InChI is InChI=1S/C16H17N9/c1-3-24-8-6-13(23-24)21-16-15(11-9-12(17)20-10(2)19-11)25-14(22-16)5-4-7-18-25/h4-9H,3H2,1-2H3,(H,21,23)(H2,17,19,20). The van der Waals surface area contributed by atoms with Crippen molar-refractivity contribution < 1.29 is 0 Å². The first-order valence-electron chi connectivity index (χ1n) is 7.90. The maximum Gasteiger partial charge on any atom is 0.162 e. The molecule has 0 unspecified atom stereocenters. The van der Waals surface area contributed by atoms with Gasteiger partial charge in [-0.25, -0.2) is 19.5 Å². The van der Waals surface area contributed by atoms with Crippen molar-refractivity contribution in [2.45, 2.75) is 20.4 Å². The van der Waals surface area contributed by atoms with E-state index in [0.29, 0.717) is 40.3 Å². The zero-order chi connectivity index (χ0) is 17.4. The fourth-order valence-electron chi connectivity index (χ4n) is 2.64. The number of aromatic nitrogens is 7. The molecule has 4 aromatic rings. The van der Waals surface area contributed by atoms with Crippen LogP contribution in [0, 0.1) is 6.92 Å². The van der Waals surface area contributed by atoms with Crippen LogP contribution < -0.4 is 11.1 Å². The predicted molar refractivity (Wildman–Crippen MR) is 94.3 cm³/mol. The molecule has 9 heteroatoms. The molecular formula is C16H17N9. The van der Waals surface area contributed by atoms with Gasteiger partial charge in [-0.15, -0.1) is 0 Å². The normalized spacial score (nSPS) is 11.1. The van der Waals surface area contributed by atoms with Crippen LogP contribution in [0.2, 0.25) is 0 Å². The van der Waals surface area contributed by atoms with Crippen LogP contribution in [-0.2, 0) is 6.54 Å². The first-order valence-corrected chi connectivity index (χ1v) is 7.90. The van der Waals surface area contributed by atoms with Crippen molar-refractivity contribution >= 4 is 23.1 Å². The molecular weight excluding hydrogens is 318 g/mol. The Morgan fingerprint density at radius 2 is 2.08 bits per heavy atom. The molecule has 0 spiro atoms. The summed E-state index contributed by atoms with van der Waals surface area (Å²) in [6, 6.07) is 7.32. The van der Waals surface area contributed by atoms with Crippen LogP contribution in [0.3, 0.4) is 0 Å². The second-order valence-electron chi connectivity index (χ2n) is 5.51. The fourth-order valence-corrected chi connectivity index (χ4v) is 2.64. The highest BCUT2D eigenvalue weighted by Crippen LogP contribution is 2.29. The lowest BCUT2D eigenvalue weighted by Crippen LogP contribution is -2.02. The van der Waals surface area contributed by atoms with Crippen molar-refractivity contribution in [2.24, 2.45) is 0 Å². The van der Waals surface area contributed by atoms with E-state index in [0.717, 1.165) is 6.54 Å². The molecule has 0 bridgehead atoms. The Hall–Kier alpha value is -3.49. The van der Waals surface area contributed by atoms with Crippen molar-refractivity contribution in [3.8, 4) is 11.4 Å². The number of hydrogen-bond acceptors (Lipinski definition) is 7. The molecule has 0 fully saturated rings. The van der Waals surface area contributed by atoms with Gasteiger partial charge in [0.15, 0.2) is 17.3 Å². The van der Waals surface area contributed by atoms with E-state index < -0.39 is 0 Å². The van der Waals surface area contributed by atoms with Crippen molar-refractivity contribution in [1.29, 1.82) is 0 Å². The molecule has 0 aliphatic carbocycles. The number of fused-ring (bicyclic) bond motifs is 1. The van der Waals surface area contributed by atoms with E-state index in [9.17, 15) is 0 Å². The van der Waals surface area contributed by atoms with E-state index in [-0.39, 0.29) is 0 Å². The van der Waals surface area contributed by atoms with E-state index >= 15 is 0 Å². The number of rotatable bonds is 4. The zero-order valence-electron chi connectivity index (χ0n) is 13.9. The van der Waals surface area contributed by atoms with Crippen LogP contribution in [0.5, 0.6) is 0 Å². The van der Waals surface area contributed by atoms with Crippen LogP contribution in [-0.4, -0.2) is 34.3 Å². The van der Waals surface area contributed by atoms with E-state index in [4.69, 9.17) is 5.73 Å². The van der Waals surface area contributed by atoms with Gasteiger partial charge in [0.2, 0.25) is 0 Å². The smallest absolute Gasteiger partial charge is 0.162 e. The number of nitrogens with one attached hydrogen (secondary N) is 1. The summed E-state index contributed by atoms with van der Waals surface area (Å²) < 4.78 is 3.56. The molecule has 0 aliphatic heterocycles. The molecule has 0 aliphatic rings. The lowest BCUT2D eigenvalue weighted by molar-refractivity contribution is 0.662. The maximum absolute atomic E-state index is 5.90. The Morgan fingerprint density at radius 3 is 2.84 bits per heavy atom. The van der Waals surface area contributed by atoms with Crippen molar-refractivity contribution in [1.82, 2.24) is 34.3 Å². The first-order chi connectivity index (χ1) is 12.1. The predicted octanol–water partition coefficient (Wildman–Crippen LogP) is 2.04. The molecule has 0 radical (unpaired) electrons. The minimum atomic E-state index is 0.398. The van der Waals surface area contributed by atoms with Crippen molar-refractivity contribution in [3.63, 3.8) is 0 Å². The Morgan fingerprint density at radius 1 is 1.20 bits per heavy atom. The fraction of sp³-hybridized carbons (Fsp3) is 0.188. The lowest BCUT2D eigenvalue weighted by atomic mass is 10.3. The summed E-state index contributed by atoms with van der Waals surface area (Å²) in [6.07, 6.45) is 3.61. The molecule has 0 amide bonds. The summed E-state index contributed by atoms with van der Waals surface area (Å²) in [6.45, 7) is 4.62. The van der Waals surface area contributed by atoms with Crippen LogP contribution in [0.1, 0.15) is 12.7 Å². The highest BCUT2D eigenvalue weighted by molar-refractivity contribution is 5.77. The summed E-state index contributed by atoms with van der Waals surface area (Å²) in [5.74, 6) is 2.29. The molecule has 0 atom stereocenters. The molecule has 0 aromatic carbocycles. The average molecular weight is 335 g/mol. The number of imidazole rings is 1. The minimum Gasteiger partial charge on any atom is -0.384 e. The molecule has 9 nitrogen and oxygen atoms in total. The first kappa shape index (κ1) is 15.1. The van der Waals surface area contributed by atoms with Gasteiger partial charge < -0.3 is 11.1 Å². The van der Waals surface area contributed by atoms with Gasteiger partial charge in [-0.2, -0.15) is 10.2 Å². The zero-order valence-corrected chi connectivity index (χ0v) is 13.9. The van der Waals surface area contributed by atoms with Gasteiger partial charge >= 0.3 is 0 Å². The molecule has 4 aromatic heterocycles. The van der Waals surface area contributed by atoms with Gasteiger partial charge in [-0.3, -0.25) is 4.68 Å². The summed E-state index contributed by atoms with van der Waals surface area (Å²) >= 11 is 0.